The van der Waals surface area contributed by atoms with Gasteiger partial charge in [-0.25, -0.2) is 8.78 Å². The summed E-state index contributed by atoms with van der Waals surface area (Å²) < 4.78 is 90.3. The van der Waals surface area contributed by atoms with Crippen LogP contribution in [0.4, 0.5) is 17.6 Å². The third-order valence-corrected chi connectivity index (χ3v) is 3.63. The van der Waals surface area contributed by atoms with Crippen LogP contribution in [0.5, 0.6) is 0 Å². The predicted octanol–water partition coefficient (Wildman–Crippen LogP) is 1.70. The van der Waals surface area contributed by atoms with E-state index < -0.39 is 36.3 Å². The summed E-state index contributed by atoms with van der Waals surface area (Å²) >= 11 is 0. The second-order valence-electron chi connectivity index (χ2n) is 2.91. The number of hydrogen-bond donors (Lipinski definition) is 0. The molecule has 0 aliphatic carbocycles. The summed E-state index contributed by atoms with van der Waals surface area (Å²) in [6.45, 7) is 0.974. The van der Waals surface area contributed by atoms with Crippen LogP contribution in [-0.2, 0) is 23.4 Å². The molecule has 0 heterocycles. The van der Waals surface area contributed by atoms with Crippen LogP contribution in [0, 0.1) is 0 Å². The van der Waals surface area contributed by atoms with E-state index in [0.717, 1.165) is 0 Å². The average molecular weight is 302 g/mol. The van der Waals surface area contributed by atoms with Crippen molar-refractivity contribution < 1.29 is 39.3 Å². The quantitative estimate of drug-likeness (QED) is 0.407. The molecule has 17 heavy (non-hydrogen) atoms. The zero-order valence-electron chi connectivity index (χ0n) is 8.82. The Labute approximate surface area is 96.1 Å². The van der Waals surface area contributed by atoms with Gasteiger partial charge in [-0.2, -0.15) is 17.2 Å². The van der Waals surface area contributed by atoms with E-state index in [0.29, 0.717) is 6.26 Å². The summed E-state index contributed by atoms with van der Waals surface area (Å²) in [6, 6.07) is 0. The first kappa shape index (κ1) is 16.8. The second kappa shape index (κ2) is 6.12. The normalized spacial score (nSPS) is 17.1. The van der Waals surface area contributed by atoms with Crippen molar-refractivity contribution in [2.45, 2.75) is 25.1 Å². The summed E-state index contributed by atoms with van der Waals surface area (Å²) in [6.07, 6.45) is -3.84. The van der Waals surface area contributed by atoms with Crippen molar-refractivity contribution in [3.05, 3.63) is 0 Å². The number of hydrogen-bond acceptors (Lipinski definition) is 5. The van der Waals surface area contributed by atoms with Gasteiger partial charge in [0.1, 0.15) is 0 Å². The molecule has 0 bridgehead atoms. The van der Waals surface area contributed by atoms with E-state index in [1.165, 1.54) is 6.92 Å². The number of rotatable bonds is 7. The Morgan fingerprint density at radius 1 is 1.35 bits per heavy atom. The van der Waals surface area contributed by atoms with Crippen LogP contribution in [-0.4, -0.2) is 39.5 Å². The Hall–Kier alpha value is -0.180. The Bertz CT molecular complexity index is 371. The van der Waals surface area contributed by atoms with Crippen molar-refractivity contribution in [2.75, 3.05) is 12.9 Å². The zero-order valence-corrected chi connectivity index (χ0v) is 10.6. The molecular weight excluding hydrogens is 291 g/mol. The van der Waals surface area contributed by atoms with Crippen LogP contribution in [0.3, 0.4) is 0 Å². The van der Waals surface area contributed by atoms with Gasteiger partial charge in [-0.05, 0) is 6.92 Å². The highest BCUT2D eigenvalue weighted by molar-refractivity contribution is 7.86. The van der Waals surface area contributed by atoms with Crippen LogP contribution in [0.1, 0.15) is 6.92 Å². The zero-order chi connectivity index (χ0) is 13.9. The van der Waals surface area contributed by atoms with Gasteiger partial charge in [0.25, 0.3) is 10.1 Å². The van der Waals surface area contributed by atoms with Crippen LogP contribution in [0.15, 0.2) is 0 Å². The molecule has 2 atom stereocenters. The minimum Gasteiger partial charge on any atom is -0.329 e. The largest absolute Gasteiger partial charge is 0.343 e. The van der Waals surface area contributed by atoms with Crippen molar-refractivity contribution in [2.24, 2.45) is 0 Å². The average Bonchev–Trinajstić information content (AvgIpc) is 2.12. The molecule has 0 spiro atoms. The Kier molecular flexibility index (Phi) is 6.06. The molecule has 0 aromatic rings. The molecule has 0 saturated carbocycles. The summed E-state index contributed by atoms with van der Waals surface area (Å²) in [5.41, 5.74) is 0. The fraction of sp³-hybridized carbons (Fsp3) is 1.00. The van der Waals surface area contributed by atoms with Crippen LogP contribution in [0.25, 0.3) is 0 Å². The molecule has 0 aromatic heterocycles. The number of halogens is 4. The fourth-order valence-corrected chi connectivity index (χ4v) is 2.96. The lowest BCUT2D eigenvalue weighted by Gasteiger charge is -2.24. The molecule has 0 N–H and O–H groups in total. The minimum atomic E-state index is -4.88. The monoisotopic (exact) mass is 302 g/mol. The number of alkyl halides is 4. The highest BCUT2D eigenvalue weighted by atomic mass is 32.2. The second-order valence-corrected chi connectivity index (χ2v) is 5.96. The molecule has 0 aromatic carbocycles. The molecular formula is C6H11F4O5PS. The van der Waals surface area contributed by atoms with Gasteiger partial charge in [0.2, 0.25) is 13.9 Å². The highest BCUT2D eigenvalue weighted by Gasteiger charge is 2.54. The van der Waals surface area contributed by atoms with Gasteiger partial charge in [-0.15, -0.1) is 0 Å². The maximum absolute atomic E-state index is 12.9. The molecule has 0 amide bonds. The summed E-state index contributed by atoms with van der Waals surface area (Å²) in [4.78, 5) is 0. The summed E-state index contributed by atoms with van der Waals surface area (Å²) in [5, 5.41) is 0. The van der Waals surface area contributed by atoms with Crippen molar-refractivity contribution in [3.63, 3.8) is 0 Å². The first-order valence-corrected chi connectivity index (χ1v) is 7.44. The van der Waals surface area contributed by atoms with E-state index in [4.69, 9.17) is 0 Å². The van der Waals surface area contributed by atoms with Gasteiger partial charge in [0.05, 0.1) is 12.9 Å². The SMILES string of the molecule is CCO[PH](=O)C(OS(C)(=O)=O)C(F)(F)C(F)F. The maximum Gasteiger partial charge on any atom is 0.343 e. The Morgan fingerprint density at radius 2 is 1.82 bits per heavy atom. The van der Waals surface area contributed by atoms with Gasteiger partial charge >= 0.3 is 12.3 Å². The topological polar surface area (TPSA) is 69.7 Å². The maximum atomic E-state index is 12.9. The molecule has 0 aliphatic rings. The molecule has 5 nitrogen and oxygen atoms in total. The minimum absolute atomic E-state index is 0.305. The molecule has 0 fully saturated rings. The van der Waals surface area contributed by atoms with Crippen LogP contribution >= 0.6 is 8.03 Å². The summed E-state index contributed by atoms with van der Waals surface area (Å²) in [5.74, 6) is -7.89. The molecule has 0 aliphatic heterocycles. The first-order chi connectivity index (χ1) is 7.52. The highest BCUT2D eigenvalue weighted by Crippen LogP contribution is 2.44. The predicted molar refractivity (Wildman–Crippen MR) is 51.3 cm³/mol. The van der Waals surface area contributed by atoms with Gasteiger partial charge in [0.15, 0.2) is 0 Å². The van der Waals surface area contributed by atoms with Gasteiger partial charge in [0, 0.05) is 0 Å². The lowest BCUT2D eigenvalue weighted by Crippen LogP contribution is -2.41. The Morgan fingerprint density at radius 3 is 2.12 bits per heavy atom. The standard InChI is InChI=1S/C6H11F4O5PS/c1-3-14-16(11)5(15-17(2,12)13)6(9,10)4(7)8/h4-5,16H,3H2,1-2H3. The lowest BCUT2D eigenvalue weighted by molar-refractivity contribution is -0.161. The van der Waals surface area contributed by atoms with Crippen molar-refractivity contribution in [1.82, 2.24) is 0 Å². The Balaban J connectivity index is 5.18. The van der Waals surface area contributed by atoms with Gasteiger partial charge in [-0.3, -0.25) is 8.75 Å². The van der Waals surface area contributed by atoms with E-state index >= 15 is 0 Å². The van der Waals surface area contributed by atoms with E-state index in [1.807, 2.05) is 0 Å². The molecule has 2 unspecified atom stereocenters. The smallest absolute Gasteiger partial charge is 0.329 e. The van der Waals surface area contributed by atoms with Crippen molar-refractivity contribution in [3.8, 4) is 0 Å². The van der Waals surface area contributed by atoms with E-state index in [2.05, 4.69) is 8.71 Å². The molecule has 0 radical (unpaired) electrons. The molecule has 11 heteroatoms. The molecule has 0 saturated heterocycles. The van der Waals surface area contributed by atoms with Gasteiger partial charge < -0.3 is 4.52 Å². The van der Waals surface area contributed by atoms with Crippen LogP contribution in [0.2, 0.25) is 0 Å². The van der Waals surface area contributed by atoms with Gasteiger partial charge in [-0.1, -0.05) is 0 Å². The third-order valence-electron chi connectivity index (χ3n) is 1.41. The van der Waals surface area contributed by atoms with Crippen LogP contribution < -0.4 is 0 Å². The van der Waals surface area contributed by atoms with E-state index in [-0.39, 0.29) is 6.61 Å². The fourth-order valence-electron chi connectivity index (χ4n) is 0.768. The third kappa shape index (κ3) is 5.33. The lowest BCUT2D eigenvalue weighted by atomic mass is 10.4. The van der Waals surface area contributed by atoms with Crippen molar-refractivity contribution in [1.29, 1.82) is 0 Å². The van der Waals surface area contributed by atoms with Crippen molar-refractivity contribution >= 4 is 18.1 Å². The first-order valence-electron chi connectivity index (χ1n) is 4.23. The van der Waals surface area contributed by atoms with E-state index in [1.54, 1.807) is 0 Å². The molecule has 0 rings (SSSR count). The van der Waals surface area contributed by atoms with E-state index in [9.17, 15) is 30.5 Å². The summed E-state index contributed by atoms with van der Waals surface area (Å²) in [7, 11) is -8.27. The molecule has 104 valence electrons.